The Morgan fingerprint density at radius 3 is 2.50 bits per heavy atom. The van der Waals surface area contributed by atoms with Crippen LogP contribution in [-0.4, -0.2) is 43.7 Å². The number of nitrogens with zero attached hydrogens (tertiary/aromatic N) is 1. The minimum atomic E-state index is -0.216. The van der Waals surface area contributed by atoms with Gasteiger partial charge in [0.2, 0.25) is 0 Å². The van der Waals surface area contributed by atoms with Crippen LogP contribution in [0.4, 0.5) is 11.5 Å². The molecule has 26 heavy (non-hydrogen) atoms. The topological polar surface area (TPSA) is 97.9 Å². The van der Waals surface area contributed by atoms with Gasteiger partial charge >= 0.3 is 0 Å². The number of benzene rings is 1. The monoisotopic (exact) mass is 361 g/mol. The molecule has 1 aromatic carbocycles. The minimum absolute atomic E-state index is 0.166. The fraction of sp³-hybridized carbons (Fsp3) is 0.389. The van der Waals surface area contributed by atoms with Crippen LogP contribution in [0.25, 0.3) is 0 Å². The van der Waals surface area contributed by atoms with Crippen molar-refractivity contribution in [2.24, 2.45) is 0 Å². The molecule has 8 nitrogen and oxygen atoms in total. The van der Waals surface area contributed by atoms with Gasteiger partial charge in [-0.1, -0.05) is 24.2 Å². The normalized spacial score (nSPS) is 11.7. The SMILES string of the molecule is CCC[NH+](CC(=O)Nc1cc(C)on1)CC(=O)Nc1ccccc1OC. The van der Waals surface area contributed by atoms with Gasteiger partial charge in [-0.25, -0.2) is 0 Å². The van der Waals surface area contributed by atoms with E-state index in [0.29, 0.717) is 29.6 Å². The van der Waals surface area contributed by atoms with Crippen molar-refractivity contribution in [1.29, 1.82) is 0 Å². The lowest BCUT2D eigenvalue weighted by Crippen LogP contribution is -3.14. The third-order valence-electron chi connectivity index (χ3n) is 3.70. The number of carbonyl (C=O) groups excluding carboxylic acids is 2. The number of quaternary nitrogens is 1. The highest BCUT2D eigenvalue weighted by Crippen LogP contribution is 2.22. The predicted octanol–water partition coefficient (Wildman–Crippen LogP) is 0.864. The Labute approximate surface area is 152 Å². The number of amides is 2. The van der Waals surface area contributed by atoms with Crippen molar-refractivity contribution >= 4 is 23.3 Å². The van der Waals surface area contributed by atoms with Gasteiger partial charge in [-0.3, -0.25) is 9.59 Å². The maximum atomic E-state index is 12.4. The van der Waals surface area contributed by atoms with Crippen molar-refractivity contribution in [3.63, 3.8) is 0 Å². The number of para-hydroxylation sites is 2. The summed E-state index contributed by atoms with van der Waals surface area (Å²) in [6.45, 7) is 4.80. The molecule has 0 spiro atoms. The number of ether oxygens (including phenoxy) is 1. The van der Waals surface area contributed by atoms with Gasteiger partial charge in [-0.05, 0) is 25.5 Å². The van der Waals surface area contributed by atoms with Gasteiger partial charge < -0.3 is 24.8 Å². The molecule has 140 valence electrons. The second-order valence-corrected chi connectivity index (χ2v) is 5.97. The van der Waals surface area contributed by atoms with Crippen LogP contribution in [0.1, 0.15) is 19.1 Å². The van der Waals surface area contributed by atoms with E-state index >= 15 is 0 Å². The fourth-order valence-electron chi connectivity index (χ4n) is 2.60. The van der Waals surface area contributed by atoms with Gasteiger partial charge in [-0.2, -0.15) is 0 Å². The Balaban J connectivity index is 1.91. The summed E-state index contributed by atoms with van der Waals surface area (Å²) < 4.78 is 10.2. The van der Waals surface area contributed by atoms with E-state index in [2.05, 4.69) is 15.8 Å². The Hall–Kier alpha value is -2.87. The average Bonchev–Trinajstić information content (AvgIpc) is 3.00. The Morgan fingerprint density at radius 2 is 1.88 bits per heavy atom. The summed E-state index contributed by atoms with van der Waals surface area (Å²) in [5.41, 5.74) is 0.610. The van der Waals surface area contributed by atoms with Crippen LogP contribution in [0.15, 0.2) is 34.9 Å². The zero-order valence-corrected chi connectivity index (χ0v) is 15.3. The quantitative estimate of drug-likeness (QED) is 0.616. The number of hydrogen-bond acceptors (Lipinski definition) is 5. The maximum absolute atomic E-state index is 12.4. The minimum Gasteiger partial charge on any atom is -0.495 e. The van der Waals surface area contributed by atoms with E-state index in [1.807, 2.05) is 19.1 Å². The third-order valence-corrected chi connectivity index (χ3v) is 3.70. The van der Waals surface area contributed by atoms with Crippen LogP contribution in [0.2, 0.25) is 0 Å². The van der Waals surface area contributed by atoms with Crippen LogP contribution in [0, 0.1) is 6.92 Å². The number of carbonyl (C=O) groups is 2. The summed E-state index contributed by atoms with van der Waals surface area (Å²) in [5.74, 6) is 1.20. The number of nitrogens with one attached hydrogen (secondary N) is 3. The molecule has 0 aliphatic rings. The number of anilines is 2. The van der Waals surface area contributed by atoms with Crippen LogP contribution in [0.3, 0.4) is 0 Å². The number of methoxy groups -OCH3 is 1. The standard InChI is InChI=1S/C18H24N4O4/c1-4-9-22(12-18(24)20-16-10-13(2)26-21-16)11-17(23)19-14-7-5-6-8-15(14)25-3/h5-8,10H,4,9,11-12H2,1-3H3,(H,19,23)(H,20,21,24)/p+1. The highest BCUT2D eigenvalue weighted by Gasteiger charge is 2.19. The summed E-state index contributed by atoms with van der Waals surface area (Å²) in [7, 11) is 1.55. The van der Waals surface area contributed by atoms with Crippen molar-refractivity contribution in [2.45, 2.75) is 20.3 Å². The molecule has 2 rings (SSSR count). The van der Waals surface area contributed by atoms with Crippen LogP contribution >= 0.6 is 0 Å². The van der Waals surface area contributed by atoms with E-state index in [-0.39, 0.29) is 24.9 Å². The van der Waals surface area contributed by atoms with Gasteiger partial charge in [0, 0.05) is 6.07 Å². The zero-order chi connectivity index (χ0) is 18.9. The molecule has 0 saturated carbocycles. The molecule has 2 aromatic rings. The van der Waals surface area contributed by atoms with Gasteiger partial charge in [0.1, 0.15) is 11.5 Å². The smallest absolute Gasteiger partial charge is 0.280 e. The predicted molar refractivity (Wildman–Crippen MR) is 97.3 cm³/mol. The average molecular weight is 361 g/mol. The number of aromatic nitrogens is 1. The Morgan fingerprint density at radius 1 is 1.19 bits per heavy atom. The highest BCUT2D eigenvalue weighted by atomic mass is 16.5. The van der Waals surface area contributed by atoms with Gasteiger partial charge in [0.05, 0.1) is 19.3 Å². The molecule has 8 heteroatoms. The molecular formula is C18H25N4O4+. The summed E-state index contributed by atoms with van der Waals surface area (Å²) >= 11 is 0. The molecular weight excluding hydrogens is 336 g/mol. The van der Waals surface area contributed by atoms with Crippen molar-refractivity contribution < 1.29 is 23.7 Å². The molecule has 0 radical (unpaired) electrons. The van der Waals surface area contributed by atoms with Crippen LogP contribution in [0.5, 0.6) is 5.75 Å². The molecule has 0 saturated heterocycles. The first-order chi connectivity index (χ1) is 12.5. The summed E-state index contributed by atoms with van der Waals surface area (Å²) in [4.78, 5) is 25.4. The molecule has 2 amide bonds. The van der Waals surface area contributed by atoms with Crippen LogP contribution < -0.4 is 20.3 Å². The fourth-order valence-corrected chi connectivity index (χ4v) is 2.60. The lowest BCUT2D eigenvalue weighted by molar-refractivity contribution is -0.883. The van der Waals surface area contributed by atoms with E-state index in [0.717, 1.165) is 11.3 Å². The van der Waals surface area contributed by atoms with E-state index < -0.39 is 0 Å². The molecule has 1 atom stereocenters. The van der Waals surface area contributed by atoms with E-state index in [4.69, 9.17) is 9.26 Å². The number of rotatable bonds is 9. The van der Waals surface area contributed by atoms with E-state index in [1.54, 1.807) is 32.2 Å². The summed E-state index contributed by atoms with van der Waals surface area (Å²) in [5, 5.41) is 9.24. The molecule has 1 unspecified atom stereocenters. The van der Waals surface area contributed by atoms with Gasteiger partial charge in [0.15, 0.2) is 18.9 Å². The van der Waals surface area contributed by atoms with E-state index in [1.165, 1.54) is 0 Å². The second kappa shape index (κ2) is 9.57. The third kappa shape index (κ3) is 5.89. The number of hydrogen-bond donors (Lipinski definition) is 3. The molecule has 0 bridgehead atoms. The van der Waals surface area contributed by atoms with Crippen molar-refractivity contribution in [3.05, 3.63) is 36.1 Å². The molecule has 1 heterocycles. The Kier molecular flexibility index (Phi) is 7.16. The van der Waals surface area contributed by atoms with Gasteiger partial charge in [-0.15, -0.1) is 0 Å². The maximum Gasteiger partial charge on any atom is 0.280 e. The molecule has 0 aliphatic carbocycles. The second-order valence-electron chi connectivity index (χ2n) is 5.97. The van der Waals surface area contributed by atoms with Gasteiger partial charge in [0.25, 0.3) is 11.8 Å². The molecule has 0 aliphatic heterocycles. The largest absolute Gasteiger partial charge is 0.495 e. The summed E-state index contributed by atoms with van der Waals surface area (Å²) in [6, 6.07) is 8.85. The lowest BCUT2D eigenvalue weighted by atomic mass is 10.3. The number of aryl methyl sites for hydroxylation is 1. The molecule has 3 N–H and O–H groups in total. The van der Waals surface area contributed by atoms with E-state index in [9.17, 15) is 9.59 Å². The molecule has 0 fully saturated rings. The molecule has 1 aromatic heterocycles. The van der Waals surface area contributed by atoms with Crippen molar-refractivity contribution in [2.75, 3.05) is 37.4 Å². The first kappa shape index (κ1) is 19.5. The van der Waals surface area contributed by atoms with Crippen LogP contribution in [-0.2, 0) is 9.59 Å². The van der Waals surface area contributed by atoms with Crippen molar-refractivity contribution in [3.8, 4) is 5.75 Å². The van der Waals surface area contributed by atoms with Crippen molar-refractivity contribution in [1.82, 2.24) is 5.16 Å². The lowest BCUT2D eigenvalue weighted by Gasteiger charge is -2.18. The first-order valence-electron chi connectivity index (χ1n) is 8.51. The first-order valence-corrected chi connectivity index (χ1v) is 8.51. The highest BCUT2D eigenvalue weighted by molar-refractivity contribution is 5.93. The Bertz CT molecular complexity index is 744. The zero-order valence-electron chi connectivity index (χ0n) is 15.3. The summed E-state index contributed by atoms with van der Waals surface area (Å²) in [6.07, 6.45) is 0.855.